The van der Waals surface area contributed by atoms with Gasteiger partial charge in [0.15, 0.2) is 11.6 Å². The smallest absolute Gasteiger partial charge is 0.194 e. The van der Waals surface area contributed by atoms with Crippen LogP contribution in [0, 0.1) is 0 Å². The average Bonchev–Trinajstić information content (AvgIpc) is 2.75. The van der Waals surface area contributed by atoms with E-state index in [1.54, 1.807) is 31.4 Å². The van der Waals surface area contributed by atoms with Crippen molar-refractivity contribution in [1.29, 1.82) is 0 Å². The van der Waals surface area contributed by atoms with E-state index < -0.39 is 5.60 Å². The van der Waals surface area contributed by atoms with Crippen LogP contribution in [-0.4, -0.2) is 53.9 Å². The van der Waals surface area contributed by atoms with Crippen molar-refractivity contribution >= 4 is 27.5 Å². The summed E-state index contributed by atoms with van der Waals surface area (Å²) in [4.78, 5) is 27.2. The highest BCUT2D eigenvalue weighted by Crippen LogP contribution is 2.27. The molecule has 1 saturated heterocycles. The first-order valence-corrected chi connectivity index (χ1v) is 10.6. The van der Waals surface area contributed by atoms with Crippen LogP contribution in [0.25, 0.3) is 0 Å². The summed E-state index contributed by atoms with van der Waals surface area (Å²) in [5.41, 5.74) is -0.0913. The molecule has 0 atom stereocenters. The summed E-state index contributed by atoms with van der Waals surface area (Å²) in [6, 6.07) is 14.3. The van der Waals surface area contributed by atoms with Crippen molar-refractivity contribution in [3.05, 3.63) is 64.1 Å². The molecule has 2 aromatic rings. The van der Waals surface area contributed by atoms with Crippen LogP contribution in [0.3, 0.4) is 0 Å². The van der Waals surface area contributed by atoms with Gasteiger partial charge in [-0.1, -0.05) is 28.1 Å². The van der Waals surface area contributed by atoms with Gasteiger partial charge in [-0.3, -0.25) is 9.59 Å². The summed E-state index contributed by atoms with van der Waals surface area (Å²) in [5.74, 6) is 0.590. The molecule has 6 heteroatoms. The Morgan fingerprint density at radius 1 is 1.03 bits per heavy atom. The number of benzene rings is 2. The number of likely N-dealkylation sites (tertiary alicyclic amines) is 1. The normalized spacial score (nSPS) is 16.4. The van der Waals surface area contributed by atoms with Gasteiger partial charge in [0.1, 0.15) is 11.4 Å². The molecule has 0 bridgehead atoms. The highest BCUT2D eigenvalue weighted by molar-refractivity contribution is 9.10. The van der Waals surface area contributed by atoms with Crippen molar-refractivity contribution in [1.82, 2.24) is 4.90 Å². The van der Waals surface area contributed by atoms with Gasteiger partial charge in [0.05, 0.1) is 7.11 Å². The first-order valence-electron chi connectivity index (χ1n) is 9.84. The van der Waals surface area contributed by atoms with Crippen molar-refractivity contribution in [2.24, 2.45) is 0 Å². The van der Waals surface area contributed by atoms with Gasteiger partial charge in [-0.15, -0.1) is 0 Å². The predicted octanol–water partition coefficient (Wildman–Crippen LogP) is 4.13. The van der Waals surface area contributed by atoms with E-state index in [1.165, 1.54) is 0 Å². The van der Waals surface area contributed by atoms with E-state index in [4.69, 9.17) is 4.74 Å². The van der Waals surface area contributed by atoms with E-state index >= 15 is 0 Å². The Kier molecular flexibility index (Phi) is 7.22. The molecule has 29 heavy (non-hydrogen) atoms. The van der Waals surface area contributed by atoms with Gasteiger partial charge >= 0.3 is 0 Å². The SMILES string of the molecule is COc1ccc(C(=O)C2(O)CCN(CCCC(=O)c3ccc(Br)cc3)CC2)cc1. The van der Waals surface area contributed by atoms with E-state index in [9.17, 15) is 14.7 Å². The van der Waals surface area contributed by atoms with Gasteiger partial charge in [-0.05, 0) is 62.2 Å². The molecule has 1 heterocycles. The van der Waals surface area contributed by atoms with Crippen LogP contribution in [-0.2, 0) is 0 Å². The number of piperidine rings is 1. The molecule has 0 aliphatic carbocycles. The van der Waals surface area contributed by atoms with Crippen molar-refractivity contribution in [3.8, 4) is 5.75 Å². The summed E-state index contributed by atoms with van der Waals surface area (Å²) in [6.07, 6.45) is 2.06. The number of hydrogen-bond acceptors (Lipinski definition) is 5. The monoisotopic (exact) mass is 459 g/mol. The van der Waals surface area contributed by atoms with Crippen LogP contribution >= 0.6 is 15.9 Å². The largest absolute Gasteiger partial charge is 0.497 e. The molecule has 0 aromatic heterocycles. The molecule has 5 nitrogen and oxygen atoms in total. The number of Topliss-reactive ketones (excluding diaryl/α,β-unsaturated/α-hetero) is 2. The minimum Gasteiger partial charge on any atom is -0.497 e. The average molecular weight is 460 g/mol. The van der Waals surface area contributed by atoms with Gasteiger partial charge in [-0.2, -0.15) is 0 Å². The molecule has 154 valence electrons. The van der Waals surface area contributed by atoms with Gasteiger partial charge in [0.2, 0.25) is 0 Å². The van der Waals surface area contributed by atoms with Crippen molar-refractivity contribution in [2.45, 2.75) is 31.3 Å². The van der Waals surface area contributed by atoms with Crippen molar-refractivity contribution < 1.29 is 19.4 Å². The molecule has 0 amide bonds. The predicted molar refractivity (Wildman–Crippen MR) is 116 cm³/mol. The minimum atomic E-state index is -1.32. The van der Waals surface area contributed by atoms with Gasteiger partial charge in [0.25, 0.3) is 0 Å². The molecule has 1 aliphatic rings. The topological polar surface area (TPSA) is 66.8 Å². The molecule has 0 unspecified atom stereocenters. The zero-order valence-corrected chi connectivity index (χ0v) is 18.2. The number of ketones is 2. The van der Waals surface area contributed by atoms with Gasteiger partial charge in [0, 0.05) is 35.1 Å². The van der Waals surface area contributed by atoms with Crippen LogP contribution in [0.4, 0.5) is 0 Å². The number of carbonyl (C=O) groups excluding carboxylic acids is 2. The van der Waals surface area contributed by atoms with E-state index in [1.807, 2.05) is 24.3 Å². The van der Waals surface area contributed by atoms with Crippen LogP contribution < -0.4 is 4.74 Å². The summed E-state index contributed by atoms with van der Waals surface area (Å²) in [7, 11) is 1.58. The Labute approximate surface area is 179 Å². The summed E-state index contributed by atoms with van der Waals surface area (Å²) < 4.78 is 6.07. The molecule has 1 N–H and O–H groups in total. The summed E-state index contributed by atoms with van der Waals surface area (Å²) >= 11 is 3.37. The summed E-state index contributed by atoms with van der Waals surface area (Å²) in [6.45, 7) is 2.07. The number of rotatable bonds is 8. The van der Waals surface area contributed by atoms with Gasteiger partial charge in [-0.25, -0.2) is 0 Å². The molecule has 3 rings (SSSR count). The maximum absolute atomic E-state index is 12.8. The number of methoxy groups -OCH3 is 1. The Balaban J connectivity index is 1.46. The molecular weight excluding hydrogens is 434 g/mol. The zero-order chi connectivity index (χ0) is 20.9. The number of carbonyl (C=O) groups is 2. The second-order valence-electron chi connectivity index (χ2n) is 7.46. The Morgan fingerprint density at radius 3 is 2.21 bits per heavy atom. The second kappa shape index (κ2) is 9.65. The number of hydrogen-bond donors (Lipinski definition) is 1. The van der Waals surface area contributed by atoms with Crippen molar-refractivity contribution in [2.75, 3.05) is 26.7 Å². The third kappa shape index (κ3) is 5.53. The number of halogens is 1. The molecular formula is C23H26BrNO4. The van der Waals surface area contributed by atoms with Crippen molar-refractivity contribution in [3.63, 3.8) is 0 Å². The Morgan fingerprint density at radius 2 is 1.62 bits per heavy atom. The highest BCUT2D eigenvalue weighted by Gasteiger charge is 2.39. The summed E-state index contributed by atoms with van der Waals surface area (Å²) in [5, 5.41) is 10.9. The van der Waals surface area contributed by atoms with Crippen LogP contribution in [0.1, 0.15) is 46.4 Å². The third-order valence-corrected chi connectivity index (χ3v) is 6.03. The van der Waals surface area contributed by atoms with Crippen LogP contribution in [0.2, 0.25) is 0 Å². The standard InChI is InChI=1S/C23H26BrNO4/c1-29-20-10-6-18(7-11-20)22(27)23(28)12-15-25(16-13-23)14-2-3-21(26)17-4-8-19(24)9-5-17/h4-11,28H,2-3,12-16H2,1H3. The van der Waals surface area contributed by atoms with Gasteiger partial charge < -0.3 is 14.7 Å². The van der Waals surface area contributed by atoms with E-state index in [0.29, 0.717) is 43.7 Å². The fourth-order valence-electron chi connectivity index (χ4n) is 3.63. The van der Waals surface area contributed by atoms with E-state index in [-0.39, 0.29) is 11.6 Å². The highest BCUT2D eigenvalue weighted by atomic mass is 79.9. The zero-order valence-electron chi connectivity index (χ0n) is 16.6. The van der Waals surface area contributed by atoms with Crippen LogP contribution in [0.15, 0.2) is 53.0 Å². The molecule has 0 radical (unpaired) electrons. The Hall–Kier alpha value is -2.02. The lowest BCUT2D eigenvalue weighted by Gasteiger charge is -2.37. The molecule has 1 aliphatic heterocycles. The Bertz CT molecular complexity index is 840. The first kappa shape index (κ1) is 21.7. The lowest BCUT2D eigenvalue weighted by Crippen LogP contribution is -2.49. The lowest BCUT2D eigenvalue weighted by atomic mass is 9.84. The fraction of sp³-hybridized carbons (Fsp3) is 0.391. The third-order valence-electron chi connectivity index (χ3n) is 5.50. The number of nitrogens with zero attached hydrogens (tertiary/aromatic N) is 1. The van der Waals surface area contributed by atoms with E-state index in [0.717, 1.165) is 23.0 Å². The first-order chi connectivity index (χ1) is 13.9. The molecule has 1 fully saturated rings. The molecule has 2 aromatic carbocycles. The second-order valence-corrected chi connectivity index (χ2v) is 8.38. The maximum Gasteiger partial charge on any atom is 0.194 e. The molecule has 0 spiro atoms. The van der Waals surface area contributed by atoms with E-state index in [2.05, 4.69) is 20.8 Å². The molecule has 0 saturated carbocycles. The van der Waals surface area contributed by atoms with Crippen LogP contribution in [0.5, 0.6) is 5.75 Å². The lowest BCUT2D eigenvalue weighted by molar-refractivity contribution is -0.00648. The quantitative estimate of drug-likeness (QED) is 0.601. The maximum atomic E-state index is 12.8. The fourth-order valence-corrected chi connectivity index (χ4v) is 3.89. The number of aliphatic hydroxyl groups is 1. The number of ether oxygens (including phenoxy) is 1. The minimum absolute atomic E-state index is 0.140.